The molecule has 1 heterocycles. The Hall–Kier alpha value is -0.840. The highest BCUT2D eigenvalue weighted by molar-refractivity contribution is 9.09. The van der Waals surface area contributed by atoms with Crippen LogP contribution in [0.25, 0.3) is 0 Å². The Kier molecular flexibility index (Phi) is 5.43. The molecule has 1 saturated carbocycles. The number of ether oxygens (including phenoxy) is 1. The molecule has 1 aliphatic carbocycles. The van der Waals surface area contributed by atoms with Crippen molar-refractivity contribution in [3.8, 4) is 5.88 Å². The normalized spacial score (nSPS) is 16.0. The fourth-order valence-corrected chi connectivity index (χ4v) is 2.91. The molecule has 0 aromatic carbocycles. The van der Waals surface area contributed by atoms with Crippen molar-refractivity contribution in [2.45, 2.75) is 51.7 Å². The lowest BCUT2D eigenvalue weighted by Crippen LogP contribution is -2.36. The first-order valence-electron chi connectivity index (χ1n) is 7.03. The molecule has 0 bridgehead atoms. The SMILES string of the molecule is CC(C)Oc1ccnc(N(CCBr)C2CCCC2)n1. The van der Waals surface area contributed by atoms with Gasteiger partial charge in [-0.05, 0) is 26.7 Å². The van der Waals surface area contributed by atoms with Gasteiger partial charge in [0, 0.05) is 30.2 Å². The van der Waals surface area contributed by atoms with Gasteiger partial charge in [-0.1, -0.05) is 28.8 Å². The third-order valence-corrected chi connectivity index (χ3v) is 3.68. The van der Waals surface area contributed by atoms with Gasteiger partial charge in [-0.3, -0.25) is 0 Å². The van der Waals surface area contributed by atoms with Gasteiger partial charge in [-0.25, -0.2) is 4.98 Å². The summed E-state index contributed by atoms with van der Waals surface area (Å²) in [6, 6.07) is 2.40. The van der Waals surface area contributed by atoms with Crippen molar-refractivity contribution in [1.29, 1.82) is 0 Å². The lowest BCUT2D eigenvalue weighted by Gasteiger charge is -2.28. The predicted molar refractivity (Wildman–Crippen MR) is 81.2 cm³/mol. The zero-order chi connectivity index (χ0) is 13.7. The largest absolute Gasteiger partial charge is 0.475 e. The van der Waals surface area contributed by atoms with E-state index in [1.54, 1.807) is 6.20 Å². The van der Waals surface area contributed by atoms with E-state index in [4.69, 9.17) is 4.74 Å². The molecule has 0 unspecified atom stereocenters. The Labute approximate surface area is 123 Å². The molecule has 19 heavy (non-hydrogen) atoms. The number of hydrogen-bond donors (Lipinski definition) is 0. The molecule has 0 amide bonds. The molecule has 1 aromatic rings. The van der Waals surface area contributed by atoms with Crippen molar-refractivity contribution in [2.75, 3.05) is 16.8 Å². The molecule has 0 spiro atoms. The second-order valence-electron chi connectivity index (χ2n) is 5.18. The summed E-state index contributed by atoms with van der Waals surface area (Å²) in [5.41, 5.74) is 0. The van der Waals surface area contributed by atoms with Crippen LogP contribution in [0.15, 0.2) is 12.3 Å². The Bertz CT molecular complexity index is 394. The Morgan fingerprint density at radius 2 is 2.16 bits per heavy atom. The van der Waals surface area contributed by atoms with Crippen LogP contribution in [0.4, 0.5) is 5.95 Å². The quantitative estimate of drug-likeness (QED) is 0.750. The lowest BCUT2D eigenvalue weighted by molar-refractivity contribution is 0.232. The molecule has 0 atom stereocenters. The van der Waals surface area contributed by atoms with E-state index < -0.39 is 0 Å². The summed E-state index contributed by atoms with van der Waals surface area (Å²) in [4.78, 5) is 11.3. The minimum atomic E-state index is 0.138. The van der Waals surface area contributed by atoms with Gasteiger partial charge < -0.3 is 9.64 Å². The van der Waals surface area contributed by atoms with E-state index in [0.717, 1.165) is 17.8 Å². The molecular formula is C14H22BrN3O. The molecule has 5 heteroatoms. The van der Waals surface area contributed by atoms with Crippen molar-refractivity contribution >= 4 is 21.9 Å². The minimum Gasteiger partial charge on any atom is -0.475 e. The first-order chi connectivity index (χ1) is 9.20. The molecule has 1 aromatic heterocycles. The Morgan fingerprint density at radius 1 is 1.42 bits per heavy atom. The van der Waals surface area contributed by atoms with E-state index in [0.29, 0.717) is 11.9 Å². The summed E-state index contributed by atoms with van der Waals surface area (Å²) < 4.78 is 5.66. The van der Waals surface area contributed by atoms with Gasteiger partial charge in [0.05, 0.1) is 6.10 Å². The van der Waals surface area contributed by atoms with Crippen molar-refractivity contribution in [1.82, 2.24) is 9.97 Å². The molecule has 1 fully saturated rings. The number of hydrogen-bond acceptors (Lipinski definition) is 4. The Morgan fingerprint density at radius 3 is 2.79 bits per heavy atom. The molecule has 0 aliphatic heterocycles. The number of halogens is 1. The van der Waals surface area contributed by atoms with E-state index in [-0.39, 0.29) is 6.10 Å². The summed E-state index contributed by atoms with van der Waals surface area (Å²) in [5, 5.41) is 0.933. The summed E-state index contributed by atoms with van der Waals surface area (Å²) in [5.74, 6) is 1.46. The van der Waals surface area contributed by atoms with Crippen molar-refractivity contribution < 1.29 is 4.74 Å². The summed E-state index contributed by atoms with van der Waals surface area (Å²) in [7, 11) is 0. The monoisotopic (exact) mass is 327 g/mol. The van der Waals surface area contributed by atoms with Crippen LogP contribution < -0.4 is 9.64 Å². The van der Waals surface area contributed by atoms with Crippen LogP contribution in [-0.4, -0.2) is 34.0 Å². The average Bonchev–Trinajstić information content (AvgIpc) is 2.89. The van der Waals surface area contributed by atoms with Gasteiger partial charge >= 0.3 is 0 Å². The van der Waals surface area contributed by atoms with Crippen molar-refractivity contribution in [2.24, 2.45) is 0 Å². The number of aromatic nitrogens is 2. The maximum absolute atomic E-state index is 5.66. The smallest absolute Gasteiger partial charge is 0.228 e. The zero-order valence-corrected chi connectivity index (χ0v) is 13.3. The Balaban J connectivity index is 2.15. The zero-order valence-electron chi connectivity index (χ0n) is 11.7. The fraction of sp³-hybridized carbons (Fsp3) is 0.714. The number of rotatable bonds is 6. The molecule has 106 valence electrons. The van der Waals surface area contributed by atoms with Crippen LogP contribution in [0.1, 0.15) is 39.5 Å². The molecule has 4 nitrogen and oxygen atoms in total. The number of anilines is 1. The highest BCUT2D eigenvalue weighted by atomic mass is 79.9. The van der Waals surface area contributed by atoms with Crippen LogP contribution >= 0.6 is 15.9 Å². The molecule has 0 saturated heterocycles. The minimum absolute atomic E-state index is 0.138. The second-order valence-corrected chi connectivity index (χ2v) is 5.98. The second kappa shape index (κ2) is 7.08. The standard InChI is InChI=1S/C14H22BrN3O/c1-11(2)19-13-7-9-16-14(17-13)18(10-8-15)12-5-3-4-6-12/h7,9,11-12H,3-6,8,10H2,1-2H3. The summed E-state index contributed by atoms with van der Waals surface area (Å²) in [6.45, 7) is 4.96. The van der Waals surface area contributed by atoms with Gasteiger partial charge in [0.15, 0.2) is 0 Å². The van der Waals surface area contributed by atoms with Gasteiger partial charge in [0.25, 0.3) is 0 Å². The average molecular weight is 328 g/mol. The number of nitrogens with zero attached hydrogens (tertiary/aromatic N) is 3. The summed E-state index contributed by atoms with van der Waals surface area (Å²) >= 11 is 3.52. The van der Waals surface area contributed by atoms with E-state index in [9.17, 15) is 0 Å². The van der Waals surface area contributed by atoms with Gasteiger partial charge in [-0.2, -0.15) is 4.98 Å². The molecule has 0 N–H and O–H groups in total. The fourth-order valence-electron chi connectivity index (χ4n) is 2.53. The highest BCUT2D eigenvalue weighted by Gasteiger charge is 2.24. The van der Waals surface area contributed by atoms with E-state index in [2.05, 4.69) is 30.8 Å². The van der Waals surface area contributed by atoms with Crippen LogP contribution in [0.5, 0.6) is 5.88 Å². The third-order valence-electron chi connectivity index (χ3n) is 3.32. The first kappa shape index (κ1) is 14.6. The van der Waals surface area contributed by atoms with Crippen LogP contribution in [-0.2, 0) is 0 Å². The topological polar surface area (TPSA) is 38.2 Å². The van der Waals surface area contributed by atoms with Crippen LogP contribution in [0.3, 0.4) is 0 Å². The maximum Gasteiger partial charge on any atom is 0.228 e. The molecular weight excluding hydrogens is 306 g/mol. The first-order valence-corrected chi connectivity index (χ1v) is 8.15. The summed E-state index contributed by atoms with van der Waals surface area (Å²) in [6.07, 6.45) is 7.03. The van der Waals surface area contributed by atoms with Crippen molar-refractivity contribution in [3.63, 3.8) is 0 Å². The maximum atomic E-state index is 5.66. The van der Waals surface area contributed by atoms with Crippen molar-refractivity contribution in [3.05, 3.63) is 12.3 Å². The molecule has 1 aliphatic rings. The molecule has 2 rings (SSSR count). The predicted octanol–water partition coefficient (Wildman–Crippen LogP) is 3.41. The number of alkyl halides is 1. The van der Waals surface area contributed by atoms with E-state index in [1.165, 1.54) is 25.7 Å². The highest BCUT2D eigenvalue weighted by Crippen LogP contribution is 2.27. The van der Waals surface area contributed by atoms with E-state index >= 15 is 0 Å². The molecule has 0 radical (unpaired) electrons. The lowest BCUT2D eigenvalue weighted by atomic mass is 10.2. The van der Waals surface area contributed by atoms with Crippen LogP contribution in [0, 0.1) is 0 Å². The van der Waals surface area contributed by atoms with Crippen LogP contribution in [0.2, 0.25) is 0 Å². The van der Waals surface area contributed by atoms with E-state index in [1.807, 2.05) is 19.9 Å². The van der Waals surface area contributed by atoms with Gasteiger partial charge in [-0.15, -0.1) is 0 Å². The third kappa shape index (κ3) is 4.06. The van der Waals surface area contributed by atoms with Gasteiger partial charge in [0.2, 0.25) is 11.8 Å². The van der Waals surface area contributed by atoms with Gasteiger partial charge in [0.1, 0.15) is 0 Å².